The quantitative estimate of drug-likeness (QED) is 0.0353. The highest BCUT2D eigenvalue weighted by atomic mass is 32.2. The lowest BCUT2D eigenvalue weighted by Crippen LogP contribution is -2.52. The van der Waals surface area contributed by atoms with Gasteiger partial charge in [0.15, 0.2) is 0 Å². The maximum Gasteiger partial charge on any atom is 0.276 e. The highest BCUT2D eigenvalue weighted by molar-refractivity contribution is 7.98. The van der Waals surface area contributed by atoms with Crippen molar-refractivity contribution in [1.29, 1.82) is 0 Å². The zero-order chi connectivity index (χ0) is 50.4. The SMILES string of the molecule is CCc1nc(C)sc1C(=O)Nc1nc2cc(C(N)=O)cc(OCCCN3CCN(C(=O)C(C)(C)CCN)CC3)c2n1C/C=C/Cn1c(NC(=O)c2cc(C)nn2CC)nc2cc(C(N)=O)cc(SC)c21. The summed E-state index contributed by atoms with van der Waals surface area (Å²) in [5.74, 6) is -1.13. The molecule has 0 aliphatic carbocycles. The van der Waals surface area contributed by atoms with Gasteiger partial charge in [-0.15, -0.1) is 23.1 Å². The maximum absolute atomic E-state index is 14.0. The normalized spacial score (nSPS) is 13.5. The van der Waals surface area contributed by atoms with Crippen molar-refractivity contribution in [3.05, 3.63) is 80.6 Å². The summed E-state index contributed by atoms with van der Waals surface area (Å²) in [6, 6.07) is 8.18. The number of piperazine rings is 1. The lowest BCUT2D eigenvalue weighted by atomic mass is 9.87. The molecule has 8 N–H and O–H groups in total. The summed E-state index contributed by atoms with van der Waals surface area (Å²) in [4.78, 5) is 85.6. The third-order valence-corrected chi connectivity index (χ3v) is 14.0. The van der Waals surface area contributed by atoms with E-state index < -0.39 is 23.1 Å². The molecule has 1 fully saturated rings. The summed E-state index contributed by atoms with van der Waals surface area (Å²) in [5.41, 5.74) is 21.1. The number of carbonyl (C=O) groups excluding carboxylic acids is 5. The second-order valence-electron chi connectivity index (χ2n) is 17.7. The van der Waals surface area contributed by atoms with Gasteiger partial charge < -0.3 is 36.0 Å². The Labute approximate surface area is 414 Å². The fraction of sp³-hybridized carbons (Fsp3) is 0.438. The number of aromatic nitrogens is 7. The average molecular weight is 995 g/mol. The average Bonchev–Trinajstić information content (AvgIpc) is 4.10. The molecule has 4 aromatic heterocycles. The predicted octanol–water partition coefficient (Wildman–Crippen LogP) is 5.21. The van der Waals surface area contributed by atoms with Crippen LogP contribution in [0.4, 0.5) is 11.9 Å². The number of rotatable bonds is 21. The maximum atomic E-state index is 14.0. The second kappa shape index (κ2) is 22.0. The Morgan fingerprint density at radius 3 is 2.06 bits per heavy atom. The standard InChI is InChI=1S/C48H62N14O6S2/c1-8-32-40(70-29(4)52-32)44(66)56-47-53-33-24-30(41(50)63)26-36(68-22-12-15-58-18-20-59(21-19-58)45(67)48(5,6)13-14-49)38(33)60(47)16-10-11-17-61-39-34(25-31(42(51)64)27-37(39)69-7)54-46(61)55-43(65)35-23-28(3)57-62(35)9-2/h10-11,23-27H,8-9,12-22,49H2,1-7H3,(H2,50,63)(H2,51,64)(H,53,56,66)(H,54,55,65)/b11-10+. The van der Waals surface area contributed by atoms with Crippen LogP contribution in [0.5, 0.6) is 5.75 Å². The molecule has 0 radical (unpaired) electrons. The first-order valence-electron chi connectivity index (χ1n) is 23.3. The van der Waals surface area contributed by atoms with Crippen molar-refractivity contribution in [1.82, 2.24) is 43.7 Å². The number of benzene rings is 2. The molecule has 70 heavy (non-hydrogen) atoms. The van der Waals surface area contributed by atoms with Crippen LogP contribution < -0.4 is 32.6 Å². The molecule has 22 heteroatoms. The number of anilines is 2. The molecule has 0 saturated carbocycles. The number of carbonyl (C=O) groups is 5. The largest absolute Gasteiger partial charge is 0.491 e. The van der Waals surface area contributed by atoms with Gasteiger partial charge in [-0.2, -0.15) is 5.10 Å². The topological polar surface area (TPSA) is 270 Å². The summed E-state index contributed by atoms with van der Waals surface area (Å²) >= 11 is 2.70. The molecule has 1 saturated heterocycles. The van der Waals surface area contributed by atoms with E-state index in [0.717, 1.165) is 29.5 Å². The number of amides is 5. The van der Waals surface area contributed by atoms with Gasteiger partial charge >= 0.3 is 0 Å². The van der Waals surface area contributed by atoms with Gasteiger partial charge in [-0.1, -0.05) is 32.9 Å². The molecule has 2 aromatic carbocycles. The first-order chi connectivity index (χ1) is 33.5. The number of hydrogen-bond donors (Lipinski definition) is 5. The van der Waals surface area contributed by atoms with Crippen LogP contribution in [0.3, 0.4) is 0 Å². The van der Waals surface area contributed by atoms with E-state index in [1.54, 1.807) is 39.6 Å². The number of nitrogens with one attached hydrogen (secondary N) is 2. The lowest BCUT2D eigenvalue weighted by Gasteiger charge is -2.38. The van der Waals surface area contributed by atoms with Crippen LogP contribution >= 0.6 is 23.1 Å². The van der Waals surface area contributed by atoms with Crippen molar-refractivity contribution in [2.75, 3.05) is 62.8 Å². The number of fused-ring (bicyclic) bond motifs is 2. The van der Waals surface area contributed by atoms with Gasteiger partial charge in [-0.3, -0.25) is 44.2 Å². The van der Waals surface area contributed by atoms with Crippen LogP contribution in [0, 0.1) is 19.3 Å². The fourth-order valence-corrected chi connectivity index (χ4v) is 10.2. The molecular weight excluding hydrogens is 933 g/mol. The number of primary amides is 2. The minimum atomic E-state index is -0.668. The van der Waals surface area contributed by atoms with E-state index in [0.29, 0.717) is 102 Å². The Morgan fingerprint density at radius 1 is 0.843 bits per heavy atom. The smallest absolute Gasteiger partial charge is 0.276 e. The molecular formula is C48H62N14O6S2. The van der Waals surface area contributed by atoms with Gasteiger partial charge in [-0.05, 0) is 83.2 Å². The number of ether oxygens (including phenoxy) is 1. The minimum absolute atomic E-state index is 0.120. The van der Waals surface area contributed by atoms with Gasteiger partial charge in [0.1, 0.15) is 21.8 Å². The van der Waals surface area contributed by atoms with Gasteiger partial charge in [-0.25, -0.2) is 15.0 Å². The van der Waals surface area contributed by atoms with Crippen LogP contribution in [0.2, 0.25) is 0 Å². The molecule has 5 heterocycles. The lowest BCUT2D eigenvalue weighted by molar-refractivity contribution is -0.142. The van der Waals surface area contributed by atoms with Gasteiger partial charge in [0.05, 0.1) is 39.6 Å². The van der Waals surface area contributed by atoms with Crippen molar-refractivity contribution in [2.24, 2.45) is 22.6 Å². The monoisotopic (exact) mass is 994 g/mol. The highest BCUT2D eigenvalue weighted by Gasteiger charge is 2.33. The zero-order valence-electron chi connectivity index (χ0n) is 40.8. The van der Waals surface area contributed by atoms with Crippen LogP contribution in [0.15, 0.2) is 47.4 Å². The van der Waals surface area contributed by atoms with E-state index >= 15 is 0 Å². The van der Waals surface area contributed by atoms with Crippen molar-refractivity contribution in [2.45, 2.75) is 85.3 Å². The van der Waals surface area contributed by atoms with Crippen molar-refractivity contribution in [3.8, 4) is 5.75 Å². The van der Waals surface area contributed by atoms with Crippen molar-refractivity contribution < 1.29 is 28.7 Å². The van der Waals surface area contributed by atoms with Crippen molar-refractivity contribution >= 4 is 86.6 Å². The van der Waals surface area contributed by atoms with Crippen LogP contribution in [0.25, 0.3) is 22.1 Å². The molecule has 20 nitrogen and oxygen atoms in total. The van der Waals surface area contributed by atoms with Gasteiger partial charge in [0.25, 0.3) is 11.8 Å². The minimum Gasteiger partial charge on any atom is -0.491 e. The first kappa shape index (κ1) is 51.2. The number of nitrogens with two attached hydrogens (primary N) is 3. The third kappa shape index (κ3) is 11.2. The second-order valence-corrected chi connectivity index (χ2v) is 19.7. The summed E-state index contributed by atoms with van der Waals surface area (Å²) in [5, 5.41) is 11.2. The molecule has 0 bridgehead atoms. The number of aryl methyl sites for hydroxylation is 4. The number of hydrogen-bond acceptors (Lipinski definition) is 14. The molecule has 5 amide bonds. The Morgan fingerprint density at radius 2 is 1.46 bits per heavy atom. The third-order valence-electron chi connectivity index (χ3n) is 12.3. The van der Waals surface area contributed by atoms with Crippen molar-refractivity contribution in [3.63, 3.8) is 0 Å². The van der Waals surface area contributed by atoms with E-state index in [1.807, 2.05) is 69.4 Å². The van der Waals surface area contributed by atoms with E-state index in [9.17, 15) is 24.0 Å². The van der Waals surface area contributed by atoms with Gasteiger partial charge in [0, 0.05) is 73.8 Å². The van der Waals surface area contributed by atoms with E-state index in [-0.39, 0.29) is 47.9 Å². The summed E-state index contributed by atoms with van der Waals surface area (Å²) in [6.45, 7) is 16.5. The Balaban J connectivity index is 1.19. The molecule has 1 aliphatic rings. The number of thiazole rings is 1. The summed E-state index contributed by atoms with van der Waals surface area (Å²) in [7, 11) is 0. The first-order valence-corrected chi connectivity index (χ1v) is 25.4. The zero-order valence-corrected chi connectivity index (χ0v) is 42.4. The molecule has 0 atom stereocenters. The Hall–Kier alpha value is -6.62. The molecule has 6 aromatic rings. The van der Waals surface area contributed by atoms with E-state index in [4.69, 9.17) is 31.9 Å². The summed E-state index contributed by atoms with van der Waals surface area (Å²) < 4.78 is 11.7. The highest BCUT2D eigenvalue weighted by Crippen LogP contribution is 2.34. The number of allylic oxidation sites excluding steroid dienone is 2. The predicted molar refractivity (Wildman–Crippen MR) is 273 cm³/mol. The fourth-order valence-electron chi connectivity index (χ4n) is 8.64. The van der Waals surface area contributed by atoms with Crippen LogP contribution in [-0.4, -0.2) is 125 Å². The summed E-state index contributed by atoms with van der Waals surface area (Å²) in [6.07, 6.45) is 7.50. The molecule has 0 spiro atoms. The molecule has 0 unspecified atom stereocenters. The number of nitrogens with zero attached hydrogens (tertiary/aromatic N) is 9. The number of imidazole rings is 2. The van der Waals surface area contributed by atoms with Gasteiger partial charge in [0.2, 0.25) is 29.6 Å². The molecule has 1 aliphatic heterocycles. The van der Waals surface area contributed by atoms with E-state index in [2.05, 4.69) is 25.6 Å². The van der Waals surface area contributed by atoms with E-state index in [1.165, 1.54) is 23.1 Å². The van der Waals surface area contributed by atoms with Crippen LogP contribution in [0.1, 0.15) is 97.8 Å². The molecule has 372 valence electrons. The Bertz CT molecular complexity index is 2980. The van der Waals surface area contributed by atoms with Crippen LogP contribution in [-0.2, 0) is 30.8 Å². The Kier molecular flexibility index (Phi) is 16.1. The molecule has 7 rings (SSSR count). The number of thioether (sulfide) groups is 1.